The molecule has 2 aliphatic rings. The Labute approximate surface area is 127 Å². The van der Waals surface area contributed by atoms with Crippen molar-refractivity contribution in [1.29, 1.82) is 0 Å². The number of amides is 1. The lowest BCUT2D eigenvalue weighted by atomic mass is 10.0. The van der Waals surface area contributed by atoms with E-state index in [0.717, 1.165) is 19.6 Å². The number of likely N-dealkylation sites (tertiary alicyclic amines) is 1. The second-order valence-electron chi connectivity index (χ2n) is 6.61. The smallest absolute Gasteiger partial charge is 0.238 e. The van der Waals surface area contributed by atoms with E-state index in [1.807, 2.05) is 4.90 Å². The van der Waals surface area contributed by atoms with Crippen LogP contribution < -0.4 is 5.32 Å². The zero-order chi connectivity index (χ0) is 15.0. The van der Waals surface area contributed by atoms with Gasteiger partial charge in [-0.3, -0.25) is 10.1 Å². The molecule has 0 saturated carbocycles. The fraction of sp³-hybridized carbons (Fsp3) is 0.588. The molecule has 4 nitrogen and oxygen atoms in total. The quantitative estimate of drug-likeness (QED) is 0.919. The van der Waals surface area contributed by atoms with Gasteiger partial charge < -0.3 is 9.80 Å². The van der Waals surface area contributed by atoms with Crippen molar-refractivity contribution >= 4 is 5.91 Å². The van der Waals surface area contributed by atoms with Crippen LogP contribution in [0.15, 0.2) is 18.2 Å². The molecule has 0 radical (unpaired) electrons. The molecule has 3 rings (SSSR count). The highest BCUT2D eigenvalue weighted by Gasteiger charge is 2.35. The Bertz CT molecular complexity index is 543. The summed E-state index contributed by atoms with van der Waals surface area (Å²) in [6, 6.07) is 6.49. The minimum Gasteiger partial charge on any atom is -0.321 e. The first kappa shape index (κ1) is 14.5. The third-order valence-electron chi connectivity index (χ3n) is 4.75. The van der Waals surface area contributed by atoms with Gasteiger partial charge in [0.15, 0.2) is 0 Å². The Kier molecular flexibility index (Phi) is 4.00. The number of carbonyl (C=O) groups excluding carboxylic acids is 1. The summed E-state index contributed by atoms with van der Waals surface area (Å²) in [5, 5.41) is 3.39. The van der Waals surface area contributed by atoms with Gasteiger partial charge in [-0.25, -0.2) is 0 Å². The van der Waals surface area contributed by atoms with Gasteiger partial charge in [-0.15, -0.1) is 0 Å². The first-order valence-electron chi connectivity index (χ1n) is 7.83. The van der Waals surface area contributed by atoms with Crippen LogP contribution in [0.2, 0.25) is 0 Å². The first-order chi connectivity index (χ1) is 10.0. The van der Waals surface area contributed by atoms with E-state index in [0.29, 0.717) is 12.5 Å². The highest BCUT2D eigenvalue weighted by atomic mass is 16.2. The minimum atomic E-state index is 0.0447. The van der Waals surface area contributed by atoms with Crippen LogP contribution in [0, 0.1) is 19.8 Å². The number of nitrogens with one attached hydrogen (secondary N) is 1. The van der Waals surface area contributed by atoms with E-state index >= 15 is 0 Å². The topological polar surface area (TPSA) is 35.6 Å². The predicted octanol–water partition coefficient (Wildman–Crippen LogP) is 1.69. The summed E-state index contributed by atoms with van der Waals surface area (Å²) in [7, 11) is 2.16. The van der Waals surface area contributed by atoms with Crippen LogP contribution in [-0.4, -0.2) is 48.9 Å². The standard InChI is InChI=1S/C17H25N3O/c1-12-4-5-13(2)15(8-12)17-18-9-16(21)20(17)11-14-6-7-19(3)10-14/h4-5,8,14,17-18H,6-7,9-11H2,1-3H3. The molecule has 2 saturated heterocycles. The molecule has 0 aliphatic carbocycles. The molecular formula is C17H25N3O. The number of nitrogens with zero attached hydrogens (tertiary/aromatic N) is 2. The minimum absolute atomic E-state index is 0.0447. The molecule has 2 atom stereocenters. The van der Waals surface area contributed by atoms with Crippen LogP contribution >= 0.6 is 0 Å². The molecule has 1 amide bonds. The number of hydrogen-bond donors (Lipinski definition) is 1. The molecule has 1 aromatic carbocycles. The summed E-state index contributed by atoms with van der Waals surface area (Å²) in [6.07, 6.45) is 1.24. The van der Waals surface area contributed by atoms with E-state index in [2.05, 4.69) is 49.3 Å². The highest BCUT2D eigenvalue weighted by Crippen LogP contribution is 2.28. The molecule has 2 unspecified atom stereocenters. The van der Waals surface area contributed by atoms with Gasteiger partial charge in [0, 0.05) is 13.1 Å². The van der Waals surface area contributed by atoms with Crippen molar-refractivity contribution in [3.05, 3.63) is 34.9 Å². The van der Waals surface area contributed by atoms with Gasteiger partial charge in [0.2, 0.25) is 5.91 Å². The SMILES string of the molecule is Cc1ccc(C)c(C2NCC(=O)N2CC2CCN(C)C2)c1. The summed E-state index contributed by atoms with van der Waals surface area (Å²) in [5.74, 6) is 0.835. The van der Waals surface area contributed by atoms with Crippen molar-refractivity contribution in [2.75, 3.05) is 33.2 Å². The molecule has 0 aromatic heterocycles. The molecule has 2 heterocycles. The van der Waals surface area contributed by atoms with E-state index in [-0.39, 0.29) is 12.1 Å². The van der Waals surface area contributed by atoms with Gasteiger partial charge >= 0.3 is 0 Å². The largest absolute Gasteiger partial charge is 0.321 e. The molecule has 21 heavy (non-hydrogen) atoms. The number of carbonyl (C=O) groups is 1. The second-order valence-corrected chi connectivity index (χ2v) is 6.61. The van der Waals surface area contributed by atoms with Crippen LogP contribution in [-0.2, 0) is 4.79 Å². The molecule has 0 bridgehead atoms. The summed E-state index contributed by atoms with van der Waals surface area (Å²) in [5.41, 5.74) is 3.74. The highest BCUT2D eigenvalue weighted by molar-refractivity contribution is 5.81. The summed E-state index contributed by atoms with van der Waals surface area (Å²) >= 11 is 0. The van der Waals surface area contributed by atoms with Crippen LogP contribution in [0.1, 0.15) is 29.3 Å². The zero-order valence-electron chi connectivity index (χ0n) is 13.2. The van der Waals surface area contributed by atoms with Gasteiger partial charge in [0.05, 0.1) is 6.54 Å². The van der Waals surface area contributed by atoms with Gasteiger partial charge in [0.1, 0.15) is 6.17 Å². The number of aryl methyl sites for hydroxylation is 2. The Morgan fingerprint density at radius 1 is 1.33 bits per heavy atom. The maximum atomic E-state index is 12.3. The summed E-state index contributed by atoms with van der Waals surface area (Å²) in [4.78, 5) is 16.7. The average Bonchev–Trinajstić information content (AvgIpc) is 3.01. The monoisotopic (exact) mass is 287 g/mol. The van der Waals surface area contributed by atoms with E-state index in [1.54, 1.807) is 0 Å². The van der Waals surface area contributed by atoms with E-state index in [1.165, 1.54) is 23.1 Å². The van der Waals surface area contributed by atoms with Crippen molar-refractivity contribution < 1.29 is 4.79 Å². The lowest BCUT2D eigenvalue weighted by Gasteiger charge is -2.28. The van der Waals surface area contributed by atoms with E-state index in [4.69, 9.17) is 0 Å². The molecule has 1 N–H and O–H groups in total. The lowest BCUT2D eigenvalue weighted by molar-refractivity contribution is -0.128. The first-order valence-corrected chi connectivity index (χ1v) is 7.83. The van der Waals surface area contributed by atoms with Crippen LogP contribution in [0.5, 0.6) is 0 Å². The fourth-order valence-corrected chi connectivity index (χ4v) is 3.53. The molecule has 114 valence electrons. The maximum absolute atomic E-state index is 12.3. The van der Waals surface area contributed by atoms with Crippen LogP contribution in [0.4, 0.5) is 0 Å². The predicted molar refractivity (Wildman–Crippen MR) is 84.0 cm³/mol. The van der Waals surface area contributed by atoms with Gasteiger partial charge in [-0.05, 0) is 50.9 Å². The van der Waals surface area contributed by atoms with E-state index in [9.17, 15) is 4.79 Å². The van der Waals surface area contributed by atoms with Crippen molar-refractivity contribution in [2.24, 2.45) is 5.92 Å². The Balaban J connectivity index is 1.80. The third kappa shape index (κ3) is 2.97. The number of rotatable bonds is 3. The van der Waals surface area contributed by atoms with Gasteiger partial charge in [0.25, 0.3) is 0 Å². The van der Waals surface area contributed by atoms with E-state index < -0.39 is 0 Å². The second kappa shape index (κ2) is 5.78. The van der Waals surface area contributed by atoms with Crippen molar-refractivity contribution in [2.45, 2.75) is 26.4 Å². The zero-order valence-corrected chi connectivity index (χ0v) is 13.2. The summed E-state index contributed by atoms with van der Waals surface area (Å²) < 4.78 is 0. The molecule has 0 spiro atoms. The molecular weight excluding hydrogens is 262 g/mol. The molecule has 1 aromatic rings. The summed E-state index contributed by atoms with van der Waals surface area (Å²) in [6.45, 7) is 7.81. The number of hydrogen-bond acceptors (Lipinski definition) is 3. The lowest BCUT2D eigenvalue weighted by Crippen LogP contribution is -2.35. The fourth-order valence-electron chi connectivity index (χ4n) is 3.53. The Morgan fingerprint density at radius 3 is 2.86 bits per heavy atom. The Hall–Kier alpha value is -1.39. The van der Waals surface area contributed by atoms with Crippen molar-refractivity contribution in [3.63, 3.8) is 0 Å². The average molecular weight is 287 g/mol. The van der Waals surface area contributed by atoms with Crippen LogP contribution in [0.3, 0.4) is 0 Å². The molecule has 2 aliphatic heterocycles. The third-order valence-corrected chi connectivity index (χ3v) is 4.75. The maximum Gasteiger partial charge on any atom is 0.238 e. The van der Waals surface area contributed by atoms with Crippen LogP contribution in [0.25, 0.3) is 0 Å². The van der Waals surface area contributed by atoms with Gasteiger partial charge in [-0.1, -0.05) is 23.8 Å². The molecule has 4 heteroatoms. The van der Waals surface area contributed by atoms with Crippen molar-refractivity contribution in [3.8, 4) is 0 Å². The molecule has 2 fully saturated rings. The number of benzene rings is 1. The Morgan fingerprint density at radius 2 is 2.14 bits per heavy atom. The van der Waals surface area contributed by atoms with Gasteiger partial charge in [-0.2, -0.15) is 0 Å². The normalized spacial score (nSPS) is 26.8. The van der Waals surface area contributed by atoms with Crippen molar-refractivity contribution in [1.82, 2.24) is 15.1 Å².